The van der Waals surface area contributed by atoms with Gasteiger partial charge in [0.1, 0.15) is 0 Å². The minimum atomic E-state index is -1.10. The molecule has 84 valence electrons. The van der Waals surface area contributed by atoms with Crippen LogP contribution in [0.5, 0.6) is 0 Å². The summed E-state index contributed by atoms with van der Waals surface area (Å²) in [6.07, 6.45) is 0.0939. The largest absolute Gasteiger partial charge is 0.478 e. The Kier molecular flexibility index (Phi) is 5.15. The highest BCUT2D eigenvalue weighted by Gasteiger charge is 2.11. The molecular formula is C10H15NO4. The van der Waals surface area contributed by atoms with E-state index in [9.17, 15) is 9.59 Å². The van der Waals surface area contributed by atoms with Crippen molar-refractivity contribution in [3.05, 3.63) is 23.4 Å². The van der Waals surface area contributed by atoms with Crippen LogP contribution in [-0.4, -0.2) is 23.7 Å². The standard InChI is InChI=1S/C10H15NO4/c1-6(2)10(14)15-5-4-8(7(3)11)9(12)13/h1,4-5,11H2,2-3H3,(H,12,13). The number of hydrogen-bond donors (Lipinski definition) is 2. The molecule has 0 spiro atoms. The van der Waals surface area contributed by atoms with Crippen molar-refractivity contribution >= 4 is 11.9 Å². The number of allylic oxidation sites excluding steroid dienone is 1. The third-order valence-electron chi connectivity index (χ3n) is 1.67. The average molecular weight is 213 g/mol. The zero-order valence-electron chi connectivity index (χ0n) is 8.87. The van der Waals surface area contributed by atoms with Crippen molar-refractivity contribution in [2.75, 3.05) is 6.61 Å². The van der Waals surface area contributed by atoms with E-state index in [0.717, 1.165) is 0 Å². The fourth-order valence-electron chi connectivity index (χ4n) is 0.842. The highest BCUT2D eigenvalue weighted by atomic mass is 16.5. The summed E-state index contributed by atoms with van der Waals surface area (Å²) in [6.45, 7) is 6.39. The number of hydrogen-bond acceptors (Lipinski definition) is 4. The van der Waals surface area contributed by atoms with Crippen LogP contribution >= 0.6 is 0 Å². The molecule has 0 heterocycles. The van der Waals surface area contributed by atoms with Gasteiger partial charge >= 0.3 is 11.9 Å². The second-order valence-corrected chi connectivity index (χ2v) is 3.13. The first-order valence-electron chi connectivity index (χ1n) is 4.37. The molecule has 0 radical (unpaired) electrons. The van der Waals surface area contributed by atoms with Gasteiger partial charge in [-0.1, -0.05) is 6.58 Å². The normalized spacial score (nSPS) is 11.6. The summed E-state index contributed by atoms with van der Waals surface area (Å²) in [5.74, 6) is -1.63. The smallest absolute Gasteiger partial charge is 0.333 e. The van der Waals surface area contributed by atoms with Crippen LogP contribution in [0.2, 0.25) is 0 Å². The molecule has 0 aromatic heterocycles. The van der Waals surface area contributed by atoms with Gasteiger partial charge in [0.2, 0.25) is 0 Å². The molecule has 0 rings (SSSR count). The van der Waals surface area contributed by atoms with E-state index in [1.165, 1.54) is 13.8 Å². The topological polar surface area (TPSA) is 89.6 Å². The highest BCUT2D eigenvalue weighted by molar-refractivity contribution is 5.88. The molecule has 0 aliphatic carbocycles. The van der Waals surface area contributed by atoms with Gasteiger partial charge in [0, 0.05) is 17.7 Å². The minimum absolute atomic E-state index is 0.0120. The van der Waals surface area contributed by atoms with Gasteiger partial charge in [-0.05, 0) is 13.8 Å². The summed E-state index contributed by atoms with van der Waals surface area (Å²) in [5, 5.41) is 8.72. The van der Waals surface area contributed by atoms with Gasteiger partial charge in [0.25, 0.3) is 0 Å². The summed E-state index contributed by atoms with van der Waals surface area (Å²) in [7, 11) is 0. The molecule has 0 saturated carbocycles. The minimum Gasteiger partial charge on any atom is -0.478 e. The first-order valence-corrected chi connectivity index (χ1v) is 4.37. The summed E-state index contributed by atoms with van der Waals surface area (Å²) in [5.41, 5.74) is 5.91. The van der Waals surface area contributed by atoms with Crippen LogP contribution in [0.4, 0.5) is 0 Å². The second kappa shape index (κ2) is 5.85. The van der Waals surface area contributed by atoms with E-state index in [1.807, 2.05) is 0 Å². The van der Waals surface area contributed by atoms with E-state index >= 15 is 0 Å². The zero-order chi connectivity index (χ0) is 12.0. The number of carbonyl (C=O) groups is 2. The lowest BCUT2D eigenvalue weighted by atomic mass is 10.1. The highest BCUT2D eigenvalue weighted by Crippen LogP contribution is 2.06. The molecule has 0 aromatic rings. The van der Waals surface area contributed by atoms with Crippen LogP contribution in [0.25, 0.3) is 0 Å². The van der Waals surface area contributed by atoms with Crippen molar-refractivity contribution in [2.45, 2.75) is 20.3 Å². The van der Waals surface area contributed by atoms with Gasteiger partial charge in [-0.3, -0.25) is 0 Å². The van der Waals surface area contributed by atoms with Crippen molar-refractivity contribution < 1.29 is 19.4 Å². The molecule has 15 heavy (non-hydrogen) atoms. The van der Waals surface area contributed by atoms with Crippen molar-refractivity contribution in [3.63, 3.8) is 0 Å². The van der Waals surface area contributed by atoms with E-state index in [2.05, 4.69) is 6.58 Å². The number of aliphatic carboxylic acids is 1. The second-order valence-electron chi connectivity index (χ2n) is 3.13. The Labute approximate surface area is 88.2 Å². The Morgan fingerprint density at radius 1 is 1.40 bits per heavy atom. The van der Waals surface area contributed by atoms with Gasteiger partial charge in [-0.2, -0.15) is 0 Å². The van der Waals surface area contributed by atoms with E-state index in [-0.39, 0.29) is 29.9 Å². The summed E-state index contributed by atoms with van der Waals surface area (Å²) in [4.78, 5) is 21.6. The molecule has 5 nitrogen and oxygen atoms in total. The maximum Gasteiger partial charge on any atom is 0.333 e. The van der Waals surface area contributed by atoms with Crippen molar-refractivity contribution in [2.24, 2.45) is 5.73 Å². The van der Waals surface area contributed by atoms with Crippen molar-refractivity contribution in [1.82, 2.24) is 0 Å². The maximum absolute atomic E-state index is 10.9. The third kappa shape index (κ3) is 4.85. The lowest BCUT2D eigenvalue weighted by molar-refractivity contribution is -0.140. The predicted octanol–water partition coefficient (Wildman–Crippen LogP) is 0.813. The number of carboxylic acid groups (broad SMARTS) is 1. The molecular weight excluding hydrogens is 198 g/mol. The average Bonchev–Trinajstić information content (AvgIpc) is 2.10. The predicted molar refractivity (Wildman–Crippen MR) is 54.9 cm³/mol. The number of carboxylic acids is 1. The fraction of sp³-hybridized carbons (Fsp3) is 0.400. The fourth-order valence-corrected chi connectivity index (χ4v) is 0.842. The third-order valence-corrected chi connectivity index (χ3v) is 1.67. The number of ether oxygens (including phenoxy) is 1. The van der Waals surface area contributed by atoms with E-state index in [0.29, 0.717) is 0 Å². The molecule has 3 N–H and O–H groups in total. The lowest BCUT2D eigenvalue weighted by Gasteiger charge is -2.06. The molecule has 0 aliphatic rings. The Bertz CT molecular complexity index is 313. The van der Waals surface area contributed by atoms with Crippen LogP contribution < -0.4 is 5.73 Å². The quantitative estimate of drug-likeness (QED) is 0.521. The lowest BCUT2D eigenvalue weighted by Crippen LogP contribution is -2.13. The van der Waals surface area contributed by atoms with Crippen LogP contribution in [0.3, 0.4) is 0 Å². The van der Waals surface area contributed by atoms with Crippen molar-refractivity contribution in [1.29, 1.82) is 0 Å². The molecule has 0 atom stereocenters. The molecule has 0 amide bonds. The van der Waals surface area contributed by atoms with Gasteiger partial charge in [0.15, 0.2) is 0 Å². The summed E-state index contributed by atoms with van der Waals surface area (Å²) >= 11 is 0. The van der Waals surface area contributed by atoms with Crippen molar-refractivity contribution in [3.8, 4) is 0 Å². The number of rotatable bonds is 5. The molecule has 0 aliphatic heterocycles. The van der Waals surface area contributed by atoms with Crippen LogP contribution in [0.15, 0.2) is 23.4 Å². The van der Waals surface area contributed by atoms with Crippen LogP contribution in [0.1, 0.15) is 20.3 Å². The molecule has 0 saturated heterocycles. The summed E-state index contributed by atoms with van der Waals surface area (Å²) < 4.78 is 4.74. The maximum atomic E-state index is 10.9. The molecule has 0 bridgehead atoms. The Hall–Kier alpha value is -1.78. The summed E-state index contributed by atoms with van der Waals surface area (Å²) in [6, 6.07) is 0. The first kappa shape index (κ1) is 13.2. The first-order chi connectivity index (χ1) is 6.86. The van der Waals surface area contributed by atoms with E-state index in [4.69, 9.17) is 15.6 Å². The van der Waals surface area contributed by atoms with Gasteiger partial charge in [-0.15, -0.1) is 0 Å². The Morgan fingerprint density at radius 3 is 2.27 bits per heavy atom. The van der Waals surface area contributed by atoms with Crippen LogP contribution in [0, 0.1) is 0 Å². The number of esters is 1. The Balaban J connectivity index is 4.16. The molecule has 0 fully saturated rings. The molecule has 5 heteroatoms. The van der Waals surface area contributed by atoms with E-state index < -0.39 is 11.9 Å². The van der Waals surface area contributed by atoms with Gasteiger partial charge < -0.3 is 15.6 Å². The van der Waals surface area contributed by atoms with E-state index in [1.54, 1.807) is 0 Å². The van der Waals surface area contributed by atoms with Gasteiger partial charge in [-0.25, -0.2) is 9.59 Å². The van der Waals surface area contributed by atoms with Gasteiger partial charge in [0.05, 0.1) is 12.2 Å². The molecule has 0 aromatic carbocycles. The Morgan fingerprint density at radius 2 is 1.93 bits per heavy atom. The number of nitrogens with two attached hydrogens (primary N) is 1. The zero-order valence-corrected chi connectivity index (χ0v) is 8.87. The SMILES string of the molecule is C=C(C)C(=O)OCCC(C(=O)O)=C(C)N. The number of carbonyl (C=O) groups excluding carboxylic acids is 1. The molecule has 0 unspecified atom stereocenters. The monoisotopic (exact) mass is 213 g/mol. The van der Waals surface area contributed by atoms with Crippen LogP contribution in [-0.2, 0) is 14.3 Å².